The molecule has 27 heavy (non-hydrogen) atoms. The van der Waals surface area contributed by atoms with E-state index in [9.17, 15) is 13.2 Å². The predicted molar refractivity (Wildman–Crippen MR) is 92.1 cm³/mol. The molecule has 0 saturated carbocycles. The smallest absolute Gasteiger partial charge is 0.408 e. The molecule has 0 aliphatic heterocycles. The summed E-state index contributed by atoms with van der Waals surface area (Å²) >= 11 is 0. The molecule has 140 valence electrons. The van der Waals surface area contributed by atoms with Crippen LogP contribution < -0.4 is 10.5 Å². The Kier molecular flexibility index (Phi) is 4.12. The molecule has 11 nitrogen and oxygen atoms in total. The third-order valence-electron chi connectivity index (χ3n) is 3.80. The van der Waals surface area contributed by atoms with Crippen LogP contribution in [0.2, 0.25) is 0 Å². The van der Waals surface area contributed by atoms with Gasteiger partial charge in [0.25, 0.3) is 0 Å². The number of H-pyrrole nitrogens is 1. The molecule has 0 unspecified atom stereocenters. The van der Waals surface area contributed by atoms with E-state index >= 15 is 0 Å². The van der Waals surface area contributed by atoms with Crippen LogP contribution in [0.1, 0.15) is 12.8 Å². The number of oxazole rings is 1. The van der Waals surface area contributed by atoms with E-state index in [1.807, 2.05) is 6.92 Å². The first kappa shape index (κ1) is 17.2. The zero-order valence-electron chi connectivity index (χ0n) is 14.0. The van der Waals surface area contributed by atoms with E-state index in [4.69, 9.17) is 8.94 Å². The van der Waals surface area contributed by atoms with Gasteiger partial charge in [-0.25, -0.2) is 17.9 Å². The summed E-state index contributed by atoms with van der Waals surface area (Å²) in [5, 5.41) is 7.94. The van der Waals surface area contributed by atoms with Crippen molar-refractivity contribution in [3.05, 3.63) is 47.0 Å². The molecule has 4 rings (SSSR count). The van der Waals surface area contributed by atoms with Gasteiger partial charge in [-0.05, 0) is 19.1 Å². The lowest BCUT2D eigenvalue weighted by Gasteiger charge is -2.04. The maximum Gasteiger partial charge on any atom is 0.417 e. The van der Waals surface area contributed by atoms with E-state index in [1.165, 1.54) is 18.2 Å². The minimum Gasteiger partial charge on any atom is -0.408 e. The zero-order valence-corrected chi connectivity index (χ0v) is 14.9. The van der Waals surface area contributed by atoms with Crippen LogP contribution in [0.4, 0.5) is 0 Å². The molecule has 3 aromatic heterocycles. The van der Waals surface area contributed by atoms with Gasteiger partial charge in [0.15, 0.2) is 5.58 Å². The van der Waals surface area contributed by atoms with E-state index in [0.717, 1.165) is 0 Å². The highest BCUT2D eigenvalue weighted by molar-refractivity contribution is 7.89. The molecule has 0 bridgehead atoms. The van der Waals surface area contributed by atoms with Gasteiger partial charge in [0.2, 0.25) is 21.7 Å². The third kappa shape index (κ3) is 3.39. The van der Waals surface area contributed by atoms with Crippen LogP contribution in [0.3, 0.4) is 0 Å². The van der Waals surface area contributed by atoms with E-state index in [2.05, 4.69) is 24.9 Å². The standard InChI is InChI=1S/C15H14N6O5S/c1-2-21-8-9(6-16-21)14-19-13(26-20-14)7-17-27(23,24)10-3-4-11-12(5-10)25-15(22)18-11/h3-6,8,17H,2,7H2,1H3,(H,18,22). The quantitative estimate of drug-likeness (QED) is 0.492. The lowest BCUT2D eigenvalue weighted by molar-refractivity contribution is 0.376. The summed E-state index contributed by atoms with van der Waals surface area (Å²) in [7, 11) is -3.87. The van der Waals surface area contributed by atoms with Crippen LogP contribution in [0, 0.1) is 0 Å². The average Bonchev–Trinajstić information content (AvgIpc) is 3.37. The number of aromatic nitrogens is 5. The maximum absolute atomic E-state index is 12.4. The Morgan fingerprint density at radius 1 is 1.33 bits per heavy atom. The van der Waals surface area contributed by atoms with Crippen molar-refractivity contribution in [2.45, 2.75) is 24.9 Å². The molecular weight excluding hydrogens is 376 g/mol. The topological polar surface area (TPSA) is 149 Å². The Labute approximate surface area is 152 Å². The van der Waals surface area contributed by atoms with Gasteiger partial charge in [0.1, 0.15) is 0 Å². The first-order valence-corrected chi connectivity index (χ1v) is 9.41. The highest BCUT2D eigenvalue weighted by atomic mass is 32.2. The molecule has 0 radical (unpaired) electrons. The summed E-state index contributed by atoms with van der Waals surface area (Å²) in [5.74, 6) is -0.233. The normalized spacial score (nSPS) is 12.0. The van der Waals surface area contributed by atoms with Crippen LogP contribution in [0.25, 0.3) is 22.5 Å². The third-order valence-corrected chi connectivity index (χ3v) is 5.20. The van der Waals surface area contributed by atoms with E-state index in [1.54, 1.807) is 17.1 Å². The highest BCUT2D eigenvalue weighted by Gasteiger charge is 2.18. The van der Waals surface area contributed by atoms with Gasteiger partial charge in [-0.1, -0.05) is 5.16 Å². The number of hydrogen-bond acceptors (Lipinski definition) is 8. The van der Waals surface area contributed by atoms with Gasteiger partial charge >= 0.3 is 5.76 Å². The summed E-state index contributed by atoms with van der Waals surface area (Å²) in [6.07, 6.45) is 3.36. The molecule has 3 heterocycles. The van der Waals surface area contributed by atoms with Crippen molar-refractivity contribution in [3.63, 3.8) is 0 Å². The molecule has 0 amide bonds. The van der Waals surface area contributed by atoms with Gasteiger partial charge < -0.3 is 8.94 Å². The van der Waals surface area contributed by atoms with Crippen molar-refractivity contribution >= 4 is 21.1 Å². The summed E-state index contributed by atoms with van der Waals surface area (Å²) in [4.78, 5) is 17.7. The molecule has 0 atom stereocenters. The number of sulfonamides is 1. The maximum atomic E-state index is 12.4. The minimum atomic E-state index is -3.87. The Morgan fingerprint density at radius 2 is 2.19 bits per heavy atom. The average molecular weight is 390 g/mol. The van der Waals surface area contributed by atoms with Crippen molar-refractivity contribution in [2.24, 2.45) is 0 Å². The number of hydrogen-bond donors (Lipinski definition) is 2. The number of rotatable bonds is 6. The first-order valence-electron chi connectivity index (χ1n) is 7.92. The fraction of sp³-hybridized carbons (Fsp3) is 0.200. The SMILES string of the molecule is CCn1cc(-c2noc(CNS(=O)(=O)c3ccc4[nH]c(=O)oc4c3)n2)cn1. The summed E-state index contributed by atoms with van der Waals surface area (Å²) in [6.45, 7) is 2.46. The molecule has 2 N–H and O–H groups in total. The molecule has 0 aliphatic carbocycles. The fourth-order valence-electron chi connectivity index (χ4n) is 2.43. The summed E-state index contributed by atoms with van der Waals surface area (Å²) < 4.78 is 38.9. The monoisotopic (exact) mass is 390 g/mol. The van der Waals surface area contributed by atoms with Crippen LogP contribution in [-0.2, 0) is 23.1 Å². The van der Waals surface area contributed by atoms with Crippen LogP contribution in [0.15, 0.2) is 49.2 Å². The van der Waals surface area contributed by atoms with Gasteiger partial charge in [0, 0.05) is 18.8 Å². The Bertz CT molecular complexity index is 1270. The van der Waals surface area contributed by atoms with Gasteiger partial charge in [-0.2, -0.15) is 10.1 Å². The fourth-order valence-corrected chi connectivity index (χ4v) is 3.42. The number of benzene rings is 1. The molecule has 0 aliphatic rings. The predicted octanol–water partition coefficient (Wildman–Crippen LogP) is 0.866. The molecule has 1 aromatic carbocycles. The molecule has 0 spiro atoms. The molecule has 12 heteroatoms. The summed E-state index contributed by atoms with van der Waals surface area (Å²) in [6, 6.07) is 4.06. The van der Waals surface area contributed by atoms with Crippen molar-refractivity contribution in [1.82, 2.24) is 29.6 Å². The molecule has 0 fully saturated rings. The lowest BCUT2D eigenvalue weighted by atomic mass is 10.3. The largest absolute Gasteiger partial charge is 0.417 e. The Hall–Kier alpha value is -3.25. The van der Waals surface area contributed by atoms with Crippen molar-refractivity contribution in [3.8, 4) is 11.4 Å². The second-order valence-electron chi connectivity index (χ2n) is 5.59. The van der Waals surface area contributed by atoms with E-state index in [-0.39, 0.29) is 22.9 Å². The van der Waals surface area contributed by atoms with Crippen molar-refractivity contribution < 1.29 is 17.4 Å². The summed E-state index contributed by atoms with van der Waals surface area (Å²) in [5.41, 5.74) is 1.23. The molecule has 0 saturated heterocycles. The second-order valence-corrected chi connectivity index (χ2v) is 7.36. The van der Waals surface area contributed by atoms with Crippen molar-refractivity contribution in [2.75, 3.05) is 0 Å². The zero-order chi connectivity index (χ0) is 19.0. The number of fused-ring (bicyclic) bond motifs is 1. The van der Waals surface area contributed by atoms with E-state index in [0.29, 0.717) is 23.4 Å². The highest BCUT2D eigenvalue weighted by Crippen LogP contribution is 2.18. The van der Waals surface area contributed by atoms with E-state index < -0.39 is 15.8 Å². The molecule has 4 aromatic rings. The van der Waals surface area contributed by atoms with Crippen LogP contribution >= 0.6 is 0 Å². The number of aromatic amines is 1. The second kappa shape index (κ2) is 6.48. The molecular formula is C15H14N6O5S. The van der Waals surface area contributed by atoms with Gasteiger partial charge in [-0.3, -0.25) is 9.67 Å². The van der Waals surface area contributed by atoms with Crippen molar-refractivity contribution in [1.29, 1.82) is 0 Å². The Morgan fingerprint density at radius 3 is 2.96 bits per heavy atom. The lowest BCUT2D eigenvalue weighted by Crippen LogP contribution is -2.23. The Balaban J connectivity index is 1.50. The first-order chi connectivity index (χ1) is 12.9. The number of nitrogens with one attached hydrogen (secondary N) is 2. The van der Waals surface area contributed by atoms with Gasteiger partial charge in [-0.15, -0.1) is 0 Å². The number of aryl methyl sites for hydroxylation is 1. The number of nitrogens with zero attached hydrogens (tertiary/aromatic N) is 4. The van der Waals surface area contributed by atoms with Gasteiger partial charge in [0.05, 0.1) is 28.7 Å². The minimum absolute atomic E-state index is 0.0540. The van der Waals surface area contributed by atoms with Crippen LogP contribution in [0.5, 0.6) is 0 Å². The van der Waals surface area contributed by atoms with Crippen LogP contribution in [-0.4, -0.2) is 33.3 Å².